The third kappa shape index (κ3) is 3.82. The highest BCUT2D eigenvalue weighted by molar-refractivity contribution is 7.10. The third-order valence-corrected chi connectivity index (χ3v) is 3.85. The Balaban J connectivity index is 2.04. The van der Waals surface area contributed by atoms with Gasteiger partial charge in [-0.05, 0) is 25.3 Å². The minimum Gasteiger partial charge on any atom is -0.395 e. The molecule has 0 spiro atoms. The van der Waals surface area contributed by atoms with Gasteiger partial charge < -0.3 is 10.0 Å². The molecule has 3 nitrogen and oxygen atoms in total. The van der Waals surface area contributed by atoms with Gasteiger partial charge in [0, 0.05) is 24.4 Å². The standard InChI is InChI=1S/C15H19NO2S/c1-2-8-16(13-6-7-13)15(18)12-10-14(19-11-12)5-3-4-9-17/h10-11,13,17H,2,4,6-9H2,1H3. The van der Waals surface area contributed by atoms with Crippen LogP contribution in [-0.4, -0.2) is 35.1 Å². The summed E-state index contributed by atoms with van der Waals surface area (Å²) in [5.74, 6) is 5.99. The molecule has 1 amide bonds. The first-order valence-corrected chi connectivity index (χ1v) is 7.63. The highest BCUT2D eigenvalue weighted by atomic mass is 32.1. The van der Waals surface area contributed by atoms with Crippen molar-refractivity contribution in [3.63, 3.8) is 0 Å². The molecule has 1 fully saturated rings. The summed E-state index contributed by atoms with van der Waals surface area (Å²) in [5.41, 5.74) is 0.749. The van der Waals surface area contributed by atoms with Gasteiger partial charge >= 0.3 is 0 Å². The van der Waals surface area contributed by atoms with Crippen molar-refractivity contribution < 1.29 is 9.90 Å². The van der Waals surface area contributed by atoms with Crippen molar-refractivity contribution >= 4 is 17.2 Å². The molecule has 1 aliphatic rings. The molecule has 1 aromatic heterocycles. The summed E-state index contributed by atoms with van der Waals surface area (Å²) in [5, 5.41) is 10.6. The van der Waals surface area contributed by atoms with Crippen molar-refractivity contribution in [2.45, 2.75) is 38.6 Å². The van der Waals surface area contributed by atoms with Crippen LogP contribution in [0.15, 0.2) is 11.4 Å². The van der Waals surface area contributed by atoms with Crippen LogP contribution < -0.4 is 0 Å². The number of amides is 1. The second-order valence-electron chi connectivity index (χ2n) is 4.70. The molecule has 0 bridgehead atoms. The van der Waals surface area contributed by atoms with Gasteiger partial charge in [0.2, 0.25) is 0 Å². The molecule has 0 radical (unpaired) electrons. The van der Waals surface area contributed by atoms with Crippen LogP contribution in [0.1, 0.15) is 47.8 Å². The maximum Gasteiger partial charge on any atom is 0.254 e. The van der Waals surface area contributed by atoms with Crippen LogP contribution in [0.4, 0.5) is 0 Å². The van der Waals surface area contributed by atoms with E-state index in [0.717, 1.165) is 36.2 Å². The van der Waals surface area contributed by atoms with E-state index in [2.05, 4.69) is 18.8 Å². The van der Waals surface area contributed by atoms with Crippen LogP contribution in [0, 0.1) is 11.8 Å². The number of carbonyl (C=O) groups is 1. The summed E-state index contributed by atoms with van der Waals surface area (Å²) in [6.45, 7) is 3.02. The number of aliphatic hydroxyl groups excluding tert-OH is 1. The van der Waals surface area contributed by atoms with Crippen LogP contribution in [-0.2, 0) is 0 Å². The Morgan fingerprint density at radius 1 is 1.58 bits per heavy atom. The van der Waals surface area contributed by atoms with E-state index >= 15 is 0 Å². The Bertz CT molecular complexity index is 494. The maximum atomic E-state index is 12.4. The first kappa shape index (κ1) is 14.1. The maximum absolute atomic E-state index is 12.4. The summed E-state index contributed by atoms with van der Waals surface area (Å²) in [6, 6.07) is 2.32. The van der Waals surface area contributed by atoms with Crippen LogP contribution in [0.3, 0.4) is 0 Å². The average Bonchev–Trinajstić information content (AvgIpc) is 3.14. The zero-order chi connectivity index (χ0) is 13.7. The van der Waals surface area contributed by atoms with E-state index in [0.29, 0.717) is 12.5 Å². The summed E-state index contributed by atoms with van der Waals surface area (Å²) < 4.78 is 0. The van der Waals surface area contributed by atoms with Crippen molar-refractivity contribution in [1.29, 1.82) is 0 Å². The van der Waals surface area contributed by atoms with Gasteiger partial charge in [0.15, 0.2) is 0 Å². The zero-order valence-corrected chi connectivity index (χ0v) is 12.0. The van der Waals surface area contributed by atoms with Gasteiger partial charge in [-0.2, -0.15) is 0 Å². The summed E-state index contributed by atoms with van der Waals surface area (Å²) in [6.07, 6.45) is 3.75. The molecule has 1 heterocycles. The van der Waals surface area contributed by atoms with Crippen molar-refractivity contribution in [2.24, 2.45) is 0 Å². The fraction of sp³-hybridized carbons (Fsp3) is 0.533. The van der Waals surface area contributed by atoms with Gasteiger partial charge in [-0.15, -0.1) is 11.3 Å². The number of nitrogens with zero attached hydrogens (tertiary/aromatic N) is 1. The SMILES string of the molecule is CCCN(C(=O)c1csc(C#CCCO)c1)C1CC1. The van der Waals surface area contributed by atoms with Crippen LogP contribution in [0.2, 0.25) is 0 Å². The smallest absolute Gasteiger partial charge is 0.254 e. The average molecular weight is 277 g/mol. The molecule has 0 aliphatic heterocycles. The molecular weight excluding hydrogens is 258 g/mol. The van der Waals surface area contributed by atoms with Crippen LogP contribution in [0.25, 0.3) is 0 Å². The fourth-order valence-electron chi connectivity index (χ4n) is 1.96. The Labute approximate surface area is 118 Å². The summed E-state index contributed by atoms with van der Waals surface area (Å²) in [4.78, 5) is 15.3. The highest BCUT2D eigenvalue weighted by Gasteiger charge is 2.32. The molecule has 1 aliphatic carbocycles. The minimum atomic E-state index is 0.0795. The normalized spacial score (nSPS) is 13.8. The monoisotopic (exact) mass is 277 g/mol. The Morgan fingerprint density at radius 3 is 3.00 bits per heavy atom. The number of hydrogen-bond donors (Lipinski definition) is 1. The number of carbonyl (C=O) groups excluding carboxylic acids is 1. The van der Waals surface area contributed by atoms with E-state index < -0.39 is 0 Å². The van der Waals surface area contributed by atoms with Crippen LogP contribution in [0.5, 0.6) is 0 Å². The highest BCUT2D eigenvalue weighted by Crippen LogP contribution is 2.29. The number of hydrogen-bond acceptors (Lipinski definition) is 3. The van der Waals surface area contributed by atoms with Crippen molar-refractivity contribution in [2.75, 3.05) is 13.2 Å². The molecule has 1 N–H and O–H groups in total. The van der Waals surface area contributed by atoms with E-state index in [9.17, 15) is 4.79 Å². The molecule has 0 aromatic carbocycles. The molecular formula is C15H19NO2S. The molecule has 4 heteroatoms. The van der Waals surface area contributed by atoms with Crippen molar-refractivity contribution in [3.8, 4) is 11.8 Å². The zero-order valence-electron chi connectivity index (χ0n) is 11.2. The fourth-order valence-corrected chi connectivity index (χ4v) is 2.71. The van der Waals surface area contributed by atoms with Gasteiger partial charge in [-0.3, -0.25) is 4.79 Å². The van der Waals surface area contributed by atoms with Crippen LogP contribution >= 0.6 is 11.3 Å². The van der Waals surface area contributed by atoms with Crippen molar-refractivity contribution in [1.82, 2.24) is 4.90 Å². The molecule has 2 rings (SSSR count). The molecule has 0 saturated heterocycles. The first-order valence-electron chi connectivity index (χ1n) is 6.75. The molecule has 0 atom stereocenters. The van der Waals surface area contributed by atoms with E-state index in [1.54, 1.807) is 0 Å². The molecule has 0 unspecified atom stereocenters. The van der Waals surface area contributed by atoms with E-state index in [4.69, 9.17) is 5.11 Å². The van der Waals surface area contributed by atoms with E-state index in [1.165, 1.54) is 11.3 Å². The number of rotatable bonds is 5. The summed E-state index contributed by atoms with van der Waals surface area (Å²) >= 11 is 1.49. The van der Waals surface area contributed by atoms with Gasteiger partial charge in [0.05, 0.1) is 17.0 Å². The topological polar surface area (TPSA) is 40.5 Å². The van der Waals surface area contributed by atoms with Crippen molar-refractivity contribution in [3.05, 3.63) is 21.9 Å². The predicted octanol–water partition coefficient (Wildman–Crippen LogP) is 2.50. The lowest BCUT2D eigenvalue weighted by Crippen LogP contribution is -2.33. The Hall–Kier alpha value is -1.31. The van der Waals surface area contributed by atoms with E-state index in [-0.39, 0.29) is 12.5 Å². The van der Waals surface area contributed by atoms with Gasteiger partial charge in [-0.25, -0.2) is 0 Å². The first-order chi connectivity index (χ1) is 9.26. The second kappa shape index (κ2) is 6.74. The number of thiophene rings is 1. The van der Waals surface area contributed by atoms with Gasteiger partial charge in [0.1, 0.15) is 0 Å². The predicted molar refractivity (Wildman–Crippen MR) is 77.2 cm³/mol. The molecule has 1 saturated carbocycles. The van der Waals surface area contributed by atoms with Gasteiger partial charge in [-0.1, -0.05) is 18.8 Å². The molecule has 102 valence electrons. The largest absolute Gasteiger partial charge is 0.395 e. The quantitative estimate of drug-likeness (QED) is 0.840. The number of aliphatic hydroxyl groups is 1. The lowest BCUT2D eigenvalue weighted by Gasteiger charge is -2.20. The van der Waals surface area contributed by atoms with Gasteiger partial charge in [0.25, 0.3) is 5.91 Å². The third-order valence-electron chi connectivity index (χ3n) is 3.01. The second-order valence-corrected chi connectivity index (χ2v) is 5.62. The Kier molecular flexibility index (Phi) is 5.00. The summed E-state index contributed by atoms with van der Waals surface area (Å²) in [7, 11) is 0. The van der Waals surface area contributed by atoms with E-state index in [1.807, 2.05) is 16.3 Å². The molecule has 19 heavy (non-hydrogen) atoms. The lowest BCUT2D eigenvalue weighted by molar-refractivity contribution is 0.0743. The Morgan fingerprint density at radius 2 is 2.37 bits per heavy atom. The molecule has 1 aromatic rings. The minimum absolute atomic E-state index is 0.0795. The lowest BCUT2D eigenvalue weighted by atomic mass is 10.2.